The molecule has 0 aliphatic carbocycles. The second-order valence-corrected chi connectivity index (χ2v) is 6.65. The van der Waals surface area contributed by atoms with Gasteiger partial charge in [0.25, 0.3) is 0 Å². The van der Waals surface area contributed by atoms with Gasteiger partial charge in [-0.15, -0.1) is 0 Å². The van der Waals surface area contributed by atoms with Crippen LogP contribution in [0.3, 0.4) is 0 Å². The molecular formula is C19H36O9. The Kier molecular flexibility index (Phi) is 14.9. The van der Waals surface area contributed by atoms with Gasteiger partial charge >= 0.3 is 11.9 Å². The molecule has 0 aromatic heterocycles. The number of carbonyl (C=O) groups excluding carboxylic acids is 2. The molecule has 0 amide bonds. The number of aliphatic hydroxyl groups is 4. The molecule has 0 aliphatic heterocycles. The number of aliphatic hydroxyl groups excluding tert-OH is 3. The minimum atomic E-state index is -1.74. The Morgan fingerprint density at radius 1 is 0.893 bits per heavy atom. The molecule has 0 aromatic rings. The van der Waals surface area contributed by atoms with Gasteiger partial charge in [0, 0.05) is 13.2 Å². The van der Waals surface area contributed by atoms with Crippen molar-refractivity contribution < 1.29 is 44.2 Å². The summed E-state index contributed by atoms with van der Waals surface area (Å²) in [7, 11) is 0. The number of carbonyl (C=O) groups is 2. The van der Waals surface area contributed by atoms with Crippen molar-refractivity contribution in [3.05, 3.63) is 0 Å². The Morgan fingerprint density at radius 3 is 1.96 bits per heavy atom. The van der Waals surface area contributed by atoms with E-state index in [1.165, 1.54) is 0 Å². The quantitative estimate of drug-likeness (QED) is 0.152. The first-order chi connectivity index (χ1) is 13.4. The molecule has 9 nitrogen and oxygen atoms in total. The molecule has 0 saturated carbocycles. The van der Waals surface area contributed by atoms with Crippen LogP contribution in [-0.2, 0) is 23.8 Å². The van der Waals surface area contributed by atoms with Crippen molar-refractivity contribution in [2.75, 3.05) is 39.6 Å². The molecule has 0 aliphatic rings. The Balaban J connectivity index is 3.96. The lowest BCUT2D eigenvalue weighted by Crippen LogP contribution is -2.40. The highest BCUT2D eigenvalue weighted by Gasteiger charge is 2.38. The van der Waals surface area contributed by atoms with E-state index in [2.05, 4.69) is 0 Å². The molecule has 166 valence electrons. The molecule has 0 spiro atoms. The molecule has 0 saturated heterocycles. The Hall–Kier alpha value is -1.26. The monoisotopic (exact) mass is 408 g/mol. The fourth-order valence-electron chi connectivity index (χ4n) is 2.70. The van der Waals surface area contributed by atoms with E-state index in [0.29, 0.717) is 51.7 Å². The van der Waals surface area contributed by atoms with Crippen molar-refractivity contribution in [2.24, 2.45) is 11.3 Å². The van der Waals surface area contributed by atoms with Crippen LogP contribution < -0.4 is 0 Å². The second-order valence-electron chi connectivity index (χ2n) is 6.65. The molecule has 0 heterocycles. The second kappa shape index (κ2) is 15.6. The van der Waals surface area contributed by atoms with Crippen LogP contribution in [0.25, 0.3) is 0 Å². The fourth-order valence-corrected chi connectivity index (χ4v) is 2.70. The van der Waals surface area contributed by atoms with E-state index in [-0.39, 0.29) is 13.2 Å². The number of ether oxygens (including phenoxy) is 3. The van der Waals surface area contributed by atoms with Crippen molar-refractivity contribution in [3.63, 3.8) is 0 Å². The van der Waals surface area contributed by atoms with Gasteiger partial charge in [-0.25, -0.2) is 0 Å². The summed E-state index contributed by atoms with van der Waals surface area (Å²) < 4.78 is 15.2. The summed E-state index contributed by atoms with van der Waals surface area (Å²) in [5.41, 5.74) is -1.27. The van der Waals surface area contributed by atoms with E-state index in [0.717, 1.165) is 0 Å². The summed E-state index contributed by atoms with van der Waals surface area (Å²) in [6, 6.07) is 0. The highest BCUT2D eigenvalue weighted by atomic mass is 16.5. The van der Waals surface area contributed by atoms with E-state index >= 15 is 0 Å². The van der Waals surface area contributed by atoms with E-state index in [4.69, 9.17) is 14.2 Å². The minimum absolute atomic E-state index is 0.189. The van der Waals surface area contributed by atoms with Crippen LogP contribution in [0.2, 0.25) is 0 Å². The summed E-state index contributed by atoms with van der Waals surface area (Å²) in [6.45, 7) is 3.68. The van der Waals surface area contributed by atoms with Gasteiger partial charge in [-0.3, -0.25) is 9.59 Å². The molecule has 0 radical (unpaired) electrons. The number of unbranched alkanes of at least 4 members (excludes halogenated alkanes) is 2. The first kappa shape index (κ1) is 26.7. The minimum Gasteiger partial charge on any atom is -0.466 e. The first-order valence-electron chi connectivity index (χ1n) is 9.88. The molecule has 1 unspecified atom stereocenters. The zero-order valence-electron chi connectivity index (χ0n) is 17.0. The van der Waals surface area contributed by atoms with E-state index < -0.39 is 42.8 Å². The number of hydrogen-bond donors (Lipinski definition) is 4. The van der Waals surface area contributed by atoms with Crippen LogP contribution in [0.15, 0.2) is 0 Å². The van der Waals surface area contributed by atoms with E-state index in [9.17, 15) is 30.0 Å². The third kappa shape index (κ3) is 9.79. The van der Waals surface area contributed by atoms with Crippen molar-refractivity contribution in [1.29, 1.82) is 0 Å². The summed E-state index contributed by atoms with van der Waals surface area (Å²) in [5, 5.41) is 37.4. The molecule has 9 heteroatoms. The lowest BCUT2D eigenvalue weighted by atomic mass is 9.84. The van der Waals surface area contributed by atoms with Crippen molar-refractivity contribution >= 4 is 11.9 Å². The normalized spacial score (nSPS) is 12.8. The maximum absolute atomic E-state index is 11.9. The molecule has 4 N–H and O–H groups in total. The van der Waals surface area contributed by atoms with Crippen molar-refractivity contribution in [3.8, 4) is 0 Å². The van der Waals surface area contributed by atoms with Crippen LogP contribution in [0.4, 0.5) is 0 Å². The smallest absolute Gasteiger partial charge is 0.316 e. The predicted octanol–water partition coefficient (Wildman–Crippen LogP) is 0.368. The lowest BCUT2D eigenvalue weighted by molar-refractivity contribution is -0.165. The zero-order chi connectivity index (χ0) is 21.4. The molecule has 0 rings (SSSR count). The van der Waals surface area contributed by atoms with E-state index in [1.54, 1.807) is 13.8 Å². The highest BCUT2D eigenvalue weighted by Crippen LogP contribution is 2.25. The summed E-state index contributed by atoms with van der Waals surface area (Å²) in [5.74, 6) is -2.16. The predicted molar refractivity (Wildman–Crippen MR) is 100 cm³/mol. The average Bonchev–Trinajstić information content (AvgIpc) is 2.66. The Labute approximate surface area is 166 Å². The summed E-state index contributed by atoms with van der Waals surface area (Å²) >= 11 is 0. The topological polar surface area (TPSA) is 143 Å². The molecule has 0 bridgehead atoms. The van der Waals surface area contributed by atoms with Crippen LogP contribution >= 0.6 is 0 Å². The molecule has 0 fully saturated rings. The van der Waals surface area contributed by atoms with Crippen LogP contribution in [0.1, 0.15) is 52.4 Å². The van der Waals surface area contributed by atoms with Crippen molar-refractivity contribution in [1.82, 2.24) is 0 Å². The zero-order valence-corrected chi connectivity index (χ0v) is 17.0. The largest absolute Gasteiger partial charge is 0.466 e. The molecule has 28 heavy (non-hydrogen) atoms. The van der Waals surface area contributed by atoms with Gasteiger partial charge in [-0.1, -0.05) is 6.42 Å². The van der Waals surface area contributed by atoms with Crippen LogP contribution in [0.5, 0.6) is 0 Å². The maximum Gasteiger partial charge on any atom is 0.316 e. The SMILES string of the molecule is CCOC(=O)C(CCCCOCCCCC(CO)(CO)C(=O)OCC)C(O)O. The van der Waals surface area contributed by atoms with Crippen LogP contribution in [-0.4, -0.2) is 78.3 Å². The average molecular weight is 408 g/mol. The van der Waals surface area contributed by atoms with Gasteiger partial charge in [0.1, 0.15) is 11.3 Å². The van der Waals surface area contributed by atoms with Gasteiger partial charge in [0.2, 0.25) is 0 Å². The fraction of sp³-hybridized carbons (Fsp3) is 0.895. The van der Waals surface area contributed by atoms with Gasteiger partial charge in [0.05, 0.1) is 26.4 Å². The Morgan fingerprint density at radius 2 is 1.46 bits per heavy atom. The van der Waals surface area contributed by atoms with Gasteiger partial charge in [-0.2, -0.15) is 0 Å². The maximum atomic E-state index is 11.9. The van der Waals surface area contributed by atoms with Gasteiger partial charge in [0.15, 0.2) is 6.29 Å². The van der Waals surface area contributed by atoms with E-state index in [1.807, 2.05) is 0 Å². The number of rotatable bonds is 17. The Bertz CT molecular complexity index is 422. The van der Waals surface area contributed by atoms with Crippen molar-refractivity contribution in [2.45, 2.75) is 58.7 Å². The third-order valence-corrected chi connectivity index (χ3v) is 4.51. The summed E-state index contributed by atoms with van der Waals surface area (Å²) in [4.78, 5) is 23.5. The number of esters is 2. The number of hydrogen-bond acceptors (Lipinski definition) is 9. The highest BCUT2D eigenvalue weighted by molar-refractivity contribution is 5.77. The molecular weight excluding hydrogens is 372 g/mol. The lowest BCUT2D eigenvalue weighted by Gasteiger charge is -2.27. The standard InChI is InChI=1S/C19H36O9/c1-3-27-17(24)15(16(22)23)9-5-7-11-26-12-8-6-10-19(13-20,14-21)18(25)28-4-2/h15-16,20-23H,3-14H2,1-2H3. The summed E-state index contributed by atoms with van der Waals surface area (Å²) in [6.07, 6.45) is 1.35. The third-order valence-electron chi connectivity index (χ3n) is 4.51. The van der Waals surface area contributed by atoms with Crippen LogP contribution in [0, 0.1) is 11.3 Å². The first-order valence-corrected chi connectivity index (χ1v) is 9.88. The molecule has 1 atom stereocenters. The van der Waals surface area contributed by atoms with Gasteiger partial charge in [-0.05, 0) is 46.0 Å². The molecule has 0 aromatic carbocycles. The van der Waals surface area contributed by atoms with Gasteiger partial charge < -0.3 is 34.6 Å².